The maximum Gasteiger partial charge on any atom is 0.316 e. The van der Waals surface area contributed by atoms with E-state index in [0.29, 0.717) is 0 Å². The zero-order valence-corrected chi connectivity index (χ0v) is 15.1. The van der Waals surface area contributed by atoms with Crippen molar-refractivity contribution in [2.24, 2.45) is 0 Å². The van der Waals surface area contributed by atoms with Gasteiger partial charge in [0.15, 0.2) is 0 Å². The molecule has 5 heteroatoms. The highest BCUT2D eigenvalue weighted by Gasteiger charge is 2.35. The molecule has 2 N–H and O–H groups in total. The first-order valence-electron chi connectivity index (χ1n) is 8.25. The molecule has 0 saturated carbocycles. The van der Waals surface area contributed by atoms with Gasteiger partial charge in [0.05, 0.1) is 0 Å². The number of rotatable bonds is 5. The van der Waals surface area contributed by atoms with Crippen molar-refractivity contribution < 1.29 is 19.2 Å². The van der Waals surface area contributed by atoms with Crippen LogP contribution in [0.25, 0.3) is 0 Å². The summed E-state index contributed by atoms with van der Waals surface area (Å²) in [4.78, 5) is 14.8. The lowest BCUT2D eigenvalue weighted by Crippen LogP contribution is -2.12. The predicted molar refractivity (Wildman–Crippen MR) is 101 cm³/mol. The van der Waals surface area contributed by atoms with E-state index in [1.807, 2.05) is 30.3 Å². The molecule has 26 heavy (non-hydrogen) atoms. The van der Waals surface area contributed by atoms with Crippen molar-refractivity contribution >= 4 is 16.3 Å². The topological polar surface area (TPSA) is 66.8 Å². The Hall–Kier alpha value is -2.92. The molecule has 0 spiro atoms. The van der Waals surface area contributed by atoms with E-state index in [9.17, 15) is 15.0 Å². The minimum Gasteiger partial charge on any atom is -0.508 e. The molecule has 0 aliphatic carbocycles. The summed E-state index contributed by atoms with van der Waals surface area (Å²) >= 11 is 0. The number of carbonyl (C=O) groups excluding carboxylic acids is 1. The largest absolute Gasteiger partial charge is 0.508 e. The van der Waals surface area contributed by atoms with Crippen LogP contribution in [0.5, 0.6) is 11.5 Å². The van der Waals surface area contributed by atoms with E-state index in [2.05, 4.69) is 0 Å². The third kappa shape index (κ3) is 3.39. The van der Waals surface area contributed by atoms with E-state index in [0.717, 1.165) is 14.7 Å². The molecule has 0 aliphatic rings. The van der Waals surface area contributed by atoms with E-state index in [1.54, 1.807) is 55.5 Å². The summed E-state index contributed by atoms with van der Waals surface area (Å²) in [5.74, 6) is -0.0322. The molecule has 0 atom stereocenters. The second kappa shape index (κ2) is 7.54. The van der Waals surface area contributed by atoms with Crippen molar-refractivity contribution in [2.75, 3.05) is 0 Å². The molecule has 0 heterocycles. The predicted octanol–water partition coefficient (Wildman–Crippen LogP) is 5.25. The fourth-order valence-electron chi connectivity index (χ4n) is 2.64. The molecular weight excluding hydrogens is 348 g/mol. The zero-order chi connectivity index (χ0) is 18.6. The number of hydrogen-bond donors (Lipinski definition) is 2. The van der Waals surface area contributed by atoms with Crippen LogP contribution >= 0.6 is 10.3 Å². The quantitative estimate of drug-likeness (QED) is 0.646. The third-order valence-corrected chi connectivity index (χ3v) is 7.16. The van der Waals surface area contributed by atoms with Crippen LogP contribution in [-0.4, -0.2) is 16.2 Å². The first-order chi connectivity index (χ1) is 12.6. The molecule has 0 aliphatic heterocycles. The number of phenolic OH excluding ortho intramolecular Hbond substituents is 2. The van der Waals surface area contributed by atoms with Crippen molar-refractivity contribution in [1.29, 1.82) is 0 Å². The van der Waals surface area contributed by atoms with Gasteiger partial charge in [0.1, 0.15) is 11.5 Å². The minimum absolute atomic E-state index is 0.141. The lowest BCUT2D eigenvalue weighted by Gasteiger charge is -2.39. The number of carbonyl (C=O) groups is 1. The third-order valence-electron chi connectivity index (χ3n) is 3.92. The molecule has 4 nitrogen and oxygen atoms in total. The average molecular weight is 368 g/mol. The maximum atomic E-state index is 12.4. The van der Waals surface area contributed by atoms with E-state index in [-0.39, 0.29) is 23.9 Å². The van der Waals surface area contributed by atoms with E-state index < -0.39 is 10.3 Å². The lowest BCUT2D eigenvalue weighted by atomic mass is 10.3. The first-order valence-corrected chi connectivity index (χ1v) is 9.81. The molecule has 0 saturated heterocycles. The molecule has 0 bridgehead atoms. The van der Waals surface area contributed by atoms with Gasteiger partial charge in [0.25, 0.3) is 0 Å². The van der Waals surface area contributed by atoms with Gasteiger partial charge in [-0.1, -0.05) is 25.1 Å². The fraction of sp³-hybridized carbons (Fsp3) is 0.0952. The Kier molecular flexibility index (Phi) is 5.19. The monoisotopic (exact) mass is 368 g/mol. The van der Waals surface area contributed by atoms with Gasteiger partial charge in [0, 0.05) is 21.1 Å². The zero-order valence-electron chi connectivity index (χ0n) is 14.3. The van der Waals surface area contributed by atoms with E-state index >= 15 is 0 Å². The summed E-state index contributed by atoms with van der Waals surface area (Å²) in [5.41, 5.74) is 0. The Morgan fingerprint density at radius 1 is 0.769 bits per heavy atom. The van der Waals surface area contributed by atoms with Crippen LogP contribution in [0.2, 0.25) is 0 Å². The molecule has 134 valence electrons. The van der Waals surface area contributed by atoms with Gasteiger partial charge in [-0.25, -0.2) is 0 Å². The van der Waals surface area contributed by atoms with Gasteiger partial charge in [-0.2, -0.15) is 0 Å². The average Bonchev–Trinajstić information content (AvgIpc) is 2.68. The molecule has 0 unspecified atom stereocenters. The summed E-state index contributed by atoms with van der Waals surface area (Å²) < 4.78 is 6.11. The van der Waals surface area contributed by atoms with Crippen LogP contribution < -0.4 is 0 Å². The van der Waals surface area contributed by atoms with E-state index in [1.165, 1.54) is 0 Å². The fourth-order valence-corrected chi connectivity index (χ4v) is 5.72. The minimum atomic E-state index is -2.35. The second-order valence-electron chi connectivity index (χ2n) is 5.67. The van der Waals surface area contributed by atoms with Gasteiger partial charge in [0.2, 0.25) is 0 Å². The Balaban J connectivity index is 2.31. The summed E-state index contributed by atoms with van der Waals surface area (Å²) in [5, 5.41) is 19.4. The van der Waals surface area contributed by atoms with Crippen molar-refractivity contribution in [3.05, 3.63) is 78.9 Å². The molecule has 0 fully saturated rings. The normalized spacial score (nSPS) is 11.7. The smallest absolute Gasteiger partial charge is 0.316 e. The number of aromatic hydroxyl groups is 2. The van der Waals surface area contributed by atoms with E-state index in [4.69, 9.17) is 4.18 Å². The Morgan fingerprint density at radius 2 is 1.19 bits per heavy atom. The summed E-state index contributed by atoms with van der Waals surface area (Å²) in [6.45, 7) is 1.76. The maximum absolute atomic E-state index is 12.4. The molecule has 3 aromatic carbocycles. The first kappa shape index (κ1) is 17.9. The summed E-state index contributed by atoms with van der Waals surface area (Å²) in [7, 11) is -2.35. The van der Waals surface area contributed by atoms with Crippen LogP contribution in [0, 0.1) is 0 Å². The van der Waals surface area contributed by atoms with Crippen LogP contribution in [0.1, 0.15) is 13.3 Å². The highest BCUT2D eigenvalue weighted by molar-refractivity contribution is 8.30. The van der Waals surface area contributed by atoms with Crippen LogP contribution in [0.4, 0.5) is 0 Å². The van der Waals surface area contributed by atoms with Crippen LogP contribution in [-0.2, 0) is 8.98 Å². The lowest BCUT2D eigenvalue weighted by molar-refractivity contribution is -0.133. The van der Waals surface area contributed by atoms with Gasteiger partial charge in [-0.15, -0.1) is 0 Å². The standard InChI is InChI=1S/C21H20O4S/c1-2-21(24)25-26(18-6-4-3-5-7-18,19-12-8-16(22)9-13-19)20-14-10-17(23)11-15-20/h3-15,22-23H,2H2,1H3. The van der Waals surface area contributed by atoms with Gasteiger partial charge in [-0.3, -0.25) is 4.79 Å². The summed E-state index contributed by atoms with van der Waals surface area (Å²) in [6, 6.07) is 23.0. The Bertz CT molecular complexity index is 829. The van der Waals surface area contributed by atoms with Gasteiger partial charge in [-0.05, 0) is 71.0 Å². The highest BCUT2D eigenvalue weighted by Crippen LogP contribution is 2.69. The number of hydrogen-bond acceptors (Lipinski definition) is 4. The molecule has 0 aromatic heterocycles. The van der Waals surface area contributed by atoms with Crippen LogP contribution in [0.3, 0.4) is 0 Å². The molecular formula is C21H20O4S. The van der Waals surface area contributed by atoms with Crippen molar-refractivity contribution in [3.63, 3.8) is 0 Å². The SMILES string of the molecule is CCC(=O)OS(c1ccccc1)(c1ccc(O)cc1)c1ccc(O)cc1. The van der Waals surface area contributed by atoms with Crippen molar-refractivity contribution in [3.8, 4) is 11.5 Å². The molecule has 0 radical (unpaired) electrons. The number of benzene rings is 3. The molecule has 3 aromatic rings. The van der Waals surface area contributed by atoms with Crippen LogP contribution in [0.15, 0.2) is 93.5 Å². The van der Waals surface area contributed by atoms with Gasteiger partial charge >= 0.3 is 5.97 Å². The molecule has 0 amide bonds. The Morgan fingerprint density at radius 3 is 1.62 bits per heavy atom. The highest BCUT2D eigenvalue weighted by atomic mass is 32.3. The number of phenols is 2. The van der Waals surface area contributed by atoms with Crippen molar-refractivity contribution in [1.82, 2.24) is 0 Å². The summed E-state index contributed by atoms with van der Waals surface area (Å²) in [6.07, 6.45) is 0.248. The van der Waals surface area contributed by atoms with Gasteiger partial charge < -0.3 is 14.4 Å². The molecule has 3 rings (SSSR count). The van der Waals surface area contributed by atoms with Crippen molar-refractivity contribution in [2.45, 2.75) is 28.0 Å². The Labute approximate surface area is 154 Å². The second-order valence-corrected chi connectivity index (χ2v) is 8.36.